The van der Waals surface area contributed by atoms with E-state index in [0.29, 0.717) is 28.1 Å². The molecule has 0 fully saturated rings. The molecule has 166 valence electrons. The number of esters is 1. The molecule has 0 radical (unpaired) electrons. The van der Waals surface area contributed by atoms with Crippen molar-refractivity contribution in [1.82, 2.24) is 10.2 Å². The van der Waals surface area contributed by atoms with Crippen LogP contribution in [0.25, 0.3) is 0 Å². The van der Waals surface area contributed by atoms with Crippen molar-refractivity contribution in [2.24, 2.45) is 4.99 Å². The first-order valence-electron chi connectivity index (χ1n) is 9.97. The lowest BCUT2D eigenvalue weighted by Gasteiger charge is -2.36. The van der Waals surface area contributed by atoms with Crippen molar-refractivity contribution >= 4 is 40.4 Å². The Bertz CT molecular complexity index is 958. The third kappa shape index (κ3) is 5.50. The summed E-state index contributed by atoms with van der Waals surface area (Å²) < 4.78 is 10.4. The Morgan fingerprint density at radius 1 is 1.32 bits per heavy atom. The molecule has 1 amide bonds. The molecule has 0 spiro atoms. The largest absolute Gasteiger partial charge is 0.460 e. The average molecular weight is 464 g/mol. The molecule has 2 aliphatic heterocycles. The molecular weight excluding hydrogens is 438 g/mol. The molecule has 3 rings (SSSR count). The maximum Gasteiger partial charge on any atom is 0.338 e. The SMILES string of the molecule is COCCOC(=O)C1=C(C)N=C2SC=C(CC(=O)NC(C)C)N2C1c1cccc(Cl)c1. The van der Waals surface area contributed by atoms with E-state index in [0.717, 1.165) is 11.3 Å². The Labute approximate surface area is 191 Å². The van der Waals surface area contributed by atoms with Gasteiger partial charge < -0.3 is 19.7 Å². The van der Waals surface area contributed by atoms with Gasteiger partial charge in [0.05, 0.1) is 30.3 Å². The molecule has 0 bridgehead atoms. The van der Waals surface area contributed by atoms with Gasteiger partial charge in [-0.15, -0.1) is 0 Å². The number of hydrogen-bond donors (Lipinski definition) is 1. The summed E-state index contributed by atoms with van der Waals surface area (Å²) in [5, 5.41) is 6.09. The van der Waals surface area contributed by atoms with Crippen LogP contribution in [0.4, 0.5) is 0 Å². The molecule has 2 aliphatic rings. The van der Waals surface area contributed by atoms with Crippen LogP contribution < -0.4 is 5.32 Å². The van der Waals surface area contributed by atoms with E-state index in [-0.39, 0.29) is 25.0 Å². The number of methoxy groups -OCH3 is 1. The molecule has 1 aromatic carbocycles. The van der Waals surface area contributed by atoms with Crippen molar-refractivity contribution in [3.8, 4) is 0 Å². The van der Waals surface area contributed by atoms with Crippen LogP contribution in [0.1, 0.15) is 38.8 Å². The topological polar surface area (TPSA) is 80.2 Å². The van der Waals surface area contributed by atoms with E-state index in [9.17, 15) is 9.59 Å². The fourth-order valence-corrected chi connectivity index (χ4v) is 4.62. The Kier molecular flexibility index (Phi) is 7.80. The van der Waals surface area contributed by atoms with Crippen molar-refractivity contribution < 1.29 is 19.1 Å². The van der Waals surface area contributed by atoms with Crippen molar-refractivity contribution in [2.45, 2.75) is 39.3 Å². The second-order valence-electron chi connectivity index (χ2n) is 7.48. The highest BCUT2D eigenvalue weighted by atomic mass is 35.5. The summed E-state index contributed by atoms with van der Waals surface area (Å²) in [6.45, 7) is 6.06. The molecule has 31 heavy (non-hydrogen) atoms. The first-order chi connectivity index (χ1) is 14.8. The lowest BCUT2D eigenvalue weighted by atomic mass is 9.94. The summed E-state index contributed by atoms with van der Waals surface area (Å²) in [5.41, 5.74) is 2.57. The van der Waals surface area contributed by atoms with Gasteiger partial charge in [0.1, 0.15) is 6.61 Å². The van der Waals surface area contributed by atoms with Crippen LogP contribution in [0.5, 0.6) is 0 Å². The number of thioether (sulfide) groups is 1. The Hall–Kier alpha value is -2.29. The van der Waals surface area contributed by atoms with Crippen LogP contribution in [0.2, 0.25) is 5.02 Å². The normalized spacial score (nSPS) is 18.0. The number of fused-ring (bicyclic) bond motifs is 1. The number of ether oxygens (including phenoxy) is 2. The van der Waals surface area contributed by atoms with Gasteiger partial charge in [-0.25, -0.2) is 9.79 Å². The number of benzene rings is 1. The number of nitrogens with zero attached hydrogens (tertiary/aromatic N) is 2. The molecule has 7 nitrogen and oxygen atoms in total. The van der Waals surface area contributed by atoms with Crippen LogP contribution >= 0.6 is 23.4 Å². The molecule has 2 heterocycles. The lowest BCUT2D eigenvalue weighted by Crippen LogP contribution is -2.38. The zero-order valence-corrected chi connectivity index (χ0v) is 19.5. The molecule has 0 saturated heterocycles. The predicted molar refractivity (Wildman–Crippen MR) is 123 cm³/mol. The fraction of sp³-hybridized carbons (Fsp3) is 0.409. The number of rotatable bonds is 8. The summed E-state index contributed by atoms with van der Waals surface area (Å²) in [4.78, 5) is 32.1. The molecule has 0 aliphatic carbocycles. The Balaban J connectivity index is 1.99. The van der Waals surface area contributed by atoms with Gasteiger partial charge in [-0.3, -0.25) is 4.79 Å². The zero-order valence-electron chi connectivity index (χ0n) is 18.0. The van der Waals surface area contributed by atoms with E-state index in [1.165, 1.54) is 11.8 Å². The third-order valence-electron chi connectivity index (χ3n) is 4.70. The quantitative estimate of drug-likeness (QED) is 0.463. The minimum atomic E-state index is -0.505. The summed E-state index contributed by atoms with van der Waals surface area (Å²) in [7, 11) is 1.55. The number of hydrogen-bond acceptors (Lipinski definition) is 7. The maximum absolute atomic E-state index is 13.0. The minimum Gasteiger partial charge on any atom is -0.460 e. The molecule has 9 heteroatoms. The predicted octanol–water partition coefficient (Wildman–Crippen LogP) is 4.02. The third-order valence-corrected chi connectivity index (χ3v) is 5.82. The van der Waals surface area contributed by atoms with Crippen molar-refractivity contribution in [2.75, 3.05) is 20.3 Å². The van der Waals surface area contributed by atoms with Gasteiger partial charge in [0.15, 0.2) is 5.17 Å². The second-order valence-corrected chi connectivity index (χ2v) is 8.75. The van der Waals surface area contributed by atoms with E-state index in [2.05, 4.69) is 10.3 Å². The van der Waals surface area contributed by atoms with Crippen molar-refractivity contribution in [3.05, 3.63) is 57.2 Å². The maximum atomic E-state index is 13.0. The summed E-state index contributed by atoms with van der Waals surface area (Å²) >= 11 is 7.70. The molecule has 1 unspecified atom stereocenters. The van der Waals surface area contributed by atoms with Crippen molar-refractivity contribution in [3.63, 3.8) is 0 Å². The summed E-state index contributed by atoms with van der Waals surface area (Å²) in [5.74, 6) is -0.561. The summed E-state index contributed by atoms with van der Waals surface area (Å²) in [6, 6.07) is 6.87. The lowest BCUT2D eigenvalue weighted by molar-refractivity contribution is -0.141. The number of carbonyl (C=O) groups is 2. The Morgan fingerprint density at radius 2 is 2.10 bits per heavy atom. The monoisotopic (exact) mass is 463 g/mol. The van der Waals surface area contributed by atoms with Crippen molar-refractivity contribution in [1.29, 1.82) is 0 Å². The van der Waals surface area contributed by atoms with Gasteiger partial charge in [0.2, 0.25) is 5.91 Å². The van der Waals surface area contributed by atoms with Crippen LogP contribution in [0.3, 0.4) is 0 Å². The smallest absolute Gasteiger partial charge is 0.338 e. The van der Waals surface area contributed by atoms with Crippen LogP contribution in [0.15, 0.2) is 51.6 Å². The highest BCUT2D eigenvalue weighted by molar-refractivity contribution is 8.16. The van der Waals surface area contributed by atoms with Gasteiger partial charge >= 0.3 is 5.97 Å². The molecule has 1 N–H and O–H groups in total. The number of amidine groups is 1. The number of carbonyl (C=O) groups excluding carboxylic acids is 2. The molecular formula is C22H26ClN3O4S. The first kappa shape index (κ1) is 23.4. The number of amides is 1. The van der Waals surface area contributed by atoms with Crippen LogP contribution in [-0.4, -0.2) is 48.3 Å². The van der Waals surface area contributed by atoms with Gasteiger partial charge in [-0.1, -0.05) is 35.5 Å². The number of aliphatic imine (C=N–C) groups is 1. The average Bonchev–Trinajstić information content (AvgIpc) is 3.08. The standard InChI is InChI=1S/C22H26ClN3O4S/c1-13(2)24-18(27)11-17-12-31-22-25-14(3)19(21(28)30-9-8-29-4)20(26(17)22)15-6-5-7-16(23)10-15/h5-7,10,12-13,20H,8-9,11H2,1-4H3,(H,24,27). The molecule has 0 aromatic heterocycles. The van der Waals surface area contributed by atoms with Gasteiger partial charge in [-0.2, -0.15) is 0 Å². The second kappa shape index (κ2) is 10.3. The van der Waals surface area contributed by atoms with Crippen LogP contribution in [0, 0.1) is 0 Å². The first-order valence-corrected chi connectivity index (χ1v) is 11.2. The minimum absolute atomic E-state index is 0.0360. The highest BCUT2D eigenvalue weighted by Crippen LogP contribution is 2.45. The molecule has 0 saturated carbocycles. The summed E-state index contributed by atoms with van der Waals surface area (Å²) in [6.07, 6.45) is 0.173. The Morgan fingerprint density at radius 3 is 2.77 bits per heavy atom. The molecule has 1 aromatic rings. The van der Waals surface area contributed by atoms with Gasteiger partial charge in [0.25, 0.3) is 0 Å². The number of nitrogens with one attached hydrogen (secondary N) is 1. The van der Waals surface area contributed by atoms with Gasteiger partial charge in [-0.05, 0) is 43.9 Å². The zero-order chi connectivity index (χ0) is 22.5. The fourth-order valence-electron chi connectivity index (χ4n) is 3.46. The van der Waals surface area contributed by atoms with E-state index in [1.54, 1.807) is 20.1 Å². The number of allylic oxidation sites excluding steroid dienone is 1. The van der Waals surface area contributed by atoms with E-state index in [1.807, 2.05) is 42.4 Å². The van der Waals surface area contributed by atoms with Gasteiger partial charge in [0, 0.05) is 23.9 Å². The highest BCUT2D eigenvalue weighted by Gasteiger charge is 2.41. The number of halogens is 1. The van der Waals surface area contributed by atoms with E-state index in [4.69, 9.17) is 21.1 Å². The molecule has 1 atom stereocenters. The van der Waals surface area contributed by atoms with Crippen LogP contribution in [-0.2, 0) is 19.1 Å². The van der Waals surface area contributed by atoms with E-state index >= 15 is 0 Å². The van der Waals surface area contributed by atoms with E-state index < -0.39 is 12.0 Å².